The molecule has 1 aliphatic heterocycles. The second kappa shape index (κ2) is 5.09. The van der Waals surface area contributed by atoms with Gasteiger partial charge in [-0.15, -0.1) is 0 Å². The van der Waals surface area contributed by atoms with Crippen molar-refractivity contribution < 1.29 is 0 Å². The number of nitrogens with one attached hydrogen (secondary N) is 2. The van der Waals surface area contributed by atoms with Gasteiger partial charge in [0.2, 0.25) is 0 Å². The molecule has 1 fully saturated rings. The first-order valence-electron chi connectivity index (χ1n) is 6.81. The van der Waals surface area contributed by atoms with E-state index < -0.39 is 0 Å². The molecule has 1 atom stereocenters. The Hall–Kier alpha value is -1.75. The third kappa shape index (κ3) is 2.66. The molecular weight excluding hydrogens is 238 g/mol. The number of aromatic amines is 1. The Kier molecular flexibility index (Phi) is 3.29. The maximum absolute atomic E-state index is 4.60. The topological polar surface area (TPSA) is 66.5 Å². The second-order valence-corrected chi connectivity index (χ2v) is 5.20. The molecule has 2 aromatic heterocycles. The van der Waals surface area contributed by atoms with Crippen LogP contribution in [0.25, 0.3) is 11.4 Å². The fraction of sp³-hybridized carbons (Fsp3) is 0.500. The van der Waals surface area contributed by atoms with Gasteiger partial charge in [0.05, 0.1) is 5.69 Å². The predicted molar refractivity (Wildman–Crippen MR) is 73.9 cm³/mol. The van der Waals surface area contributed by atoms with Crippen LogP contribution < -0.4 is 5.32 Å². The normalized spacial score (nSPS) is 19.6. The fourth-order valence-corrected chi connectivity index (χ4v) is 2.58. The molecule has 0 unspecified atom stereocenters. The van der Waals surface area contributed by atoms with Crippen LogP contribution in [0.5, 0.6) is 0 Å². The summed E-state index contributed by atoms with van der Waals surface area (Å²) in [6, 6.07) is 4.10. The van der Waals surface area contributed by atoms with Crippen molar-refractivity contribution in [1.29, 1.82) is 0 Å². The van der Waals surface area contributed by atoms with Gasteiger partial charge in [0.1, 0.15) is 11.5 Å². The van der Waals surface area contributed by atoms with Gasteiger partial charge in [-0.3, -0.25) is 5.10 Å². The van der Waals surface area contributed by atoms with Crippen molar-refractivity contribution in [3.05, 3.63) is 29.3 Å². The highest BCUT2D eigenvalue weighted by Crippen LogP contribution is 2.25. The molecule has 0 aromatic carbocycles. The molecule has 0 saturated carbocycles. The van der Waals surface area contributed by atoms with Gasteiger partial charge in [-0.1, -0.05) is 0 Å². The Morgan fingerprint density at radius 3 is 2.74 bits per heavy atom. The van der Waals surface area contributed by atoms with Gasteiger partial charge in [-0.25, -0.2) is 9.97 Å². The summed E-state index contributed by atoms with van der Waals surface area (Å²) in [6.07, 6.45) is 2.41. The quantitative estimate of drug-likeness (QED) is 0.863. The summed E-state index contributed by atoms with van der Waals surface area (Å²) >= 11 is 0. The van der Waals surface area contributed by atoms with Crippen LogP contribution in [0, 0.1) is 13.8 Å². The second-order valence-electron chi connectivity index (χ2n) is 5.20. The maximum Gasteiger partial charge on any atom is 0.126 e. The van der Waals surface area contributed by atoms with Crippen LogP contribution >= 0.6 is 0 Å². The van der Waals surface area contributed by atoms with Crippen LogP contribution in [0.15, 0.2) is 12.1 Å². The van der Waals surface area contributed by atoms with E-state index in [0.717, 1.165) is 41.7 Å². The number of hydrogen-bond donors (Lipinski definition) is 2. The van der Waals surface area contributed by atoms with Crippen molar-refractivity contribution in [2.45, 2.75) is 32.6 Å². The first kappa shape index (κ1) is 12.3. The minimum absolute atomic E-state index is 0.495. The highest BCUT2D eigenvalue weighted by Gasteiger charge is 2.18. The average molecular weight is 257 g/mol. The van der Waals surface area contributed by atoms with Gasteiger partial charge in [0.25, 0.3) is 0 Å². The molecule has 1 saturated heterocycles. The van der Waals surface area contributed by atoms with Crippen LogP contribution in [0.1, 0.15) is 36.0 Å². The molecule has 3 heterocycles. The van der Waals surface area contributed by atoms with Crippen molar-refractivity contribution in [1.82, 2.24) is 25.5 Å². The number of hydrogen-bond acceptors (Lipinski definition) is 4. The summed E-state index contributed by atoms with van der Waals surface area (Å²) in [5, 5.41) is 10.7. The summed E-state index contributed by atoms with van der Waals surface area (Å²) in [5.74, 6) is 1.31. The zero-order chi connectivity index (χ0) is 13.2. The largest absolute Gasteiger partial charge is 0.316 e. The third-order valence-corrected chi connectivity index (χ3v) is 3.54. The predicted octanol–water partition coefficient (Wildman–Crippen LogP) is 1.95. The smallest absolute Gasteiger partial charge is 0.126 e. The van der Waals surface area contributed by atoms with Gasteiger partial charge >= 0.3 is 0 Å². The minimum atomic E-state index is 0.495. The highest BCUT2D eigenvalue weighted by atomic mass is 15.1. The summed E-state index contributed by atoms with van der Waals surface area (Å²) in [4.78, 5) is 9.10. The lowest BCUT2D eigenvalue weighted by atomic mass is 9.95. The monoisotopic (exact) mass is 257 g/mol. The van der Waals surface area contributed by atoms with Crippen LogP contribution in [0.2, 0.25) is 0 Å². The van der Waals surface area contributed by atoms with E-state index in [4.69, 9.17) is 0 Å². The summed E-state index contributed by atoms with van der Waals surface area (Å²) < 4.78 is 0. The number of H-pyrrole nitrogens is 1. The lowest BCUT2D eigenvalue weighted by molar-refractivity contribution is 0.453. The van der Waals surface area contributed by atoms with Crippen molar-refractivity contribution in [3.63, 3.8) is 0 Å². The van der Waals surface area contributed by atoms with Gasteiger partial charge in [-0.05, 0) is 45.4 Å². The maximum atomic E-state index is 4.60. The number of aromatic nitrogens is 4. The van der Waals surface area contributed by atoms with Crippen LogP contribution in [-0.2, 0) is 0 Å². The van der Waals surface area contributed by atoms with E-state index in [9.17, 15) is 0 Å². The fourth-order valence-electron chi connectivity index (χ4n) is 2.58. The van der Waals surface area contributed by atoms with E-state index in [1.54, 1.807) is 0 Å². The molecule has 0 bridgehead atoms. The van der Waals surface area contributed by atoms with Crippen LogP contribution in [0.4, 0.5) is 0 Å². The summed E-state index contributed by atoms with van der Waals surface area (Å²) in [5.41, 5.74) is 3.99. The molecule has 3 rings (SSSR count). The minimum Gasteiger partial charge on any atom is -0.316 e. The third-order valence-electron chi connectivity index (χ3n) is 3.54. The standard InChI is InChI=1S/C14H19N5/c1-9-6-14(19-18-9)13-7-12(16-10(2)17-13)11-4-3-5-15-8-11/h6-7,11,15H,3-5,8H2,1-2H3,(H,18,19)/t11-/m0/s1. The van der Waals surface area contributed by atoms with Crippen LogP contribution in [0.3, 0.4) is 0 Å². The van der Waals surface area contributed by atoms with E-state index >= 15 is 0 Å². The molecule has 1 aliphatic rings. The molecule has 0 amide bonds. The van der Waals surface area contributed by atoms with Crippen LogP contribution in [-0.4, -0.2) is 33.3 Å². The van der Waals surface area contributed by atoms with E-state index in [0.29, 0.717) is 5.92 Å². The number of rotatable bonds is 2. The molecule has 5 heteroatoms. The number of piperidine rings is 1. The number of nitrogens with zero attached hydrogens (tertiary/aromatic N) is 3. The van der Waals surface area contributed by atoms with Gasteiger partial charge in [0.15, 0.2) is 0 Å². The van der Waals surface area contributed by atoms with Gasteiger partial charge < -0.3 is 5.32 Å². The highest BCUT2D eigenvalue weighted by molar-refractivity contribution is 5.54. The molecule has 0 radical (unpaired) electrons. The van der Waals surface area contributed by atoms with Gasteiger partial charge in [0, 0.05) is 23.9 Å². The zero-order valence-electron chi connectivity index (χ0n) is 11.4. The van der Waals surface area contributed by atoms with E-state index in [1.807, 2.05) is 19.9 Å². The Morgan fingerprint density at radius 2 is 2.05 bits per heavy atom. The van der Waals surface area contributed by atoms with Crippen molar-refractivity contribution in [2.24, 2.45) is 0 Å². The molecule has 19 heavy (non-hydrogen) atoms. The lowest BCUT2D eigenvalue weighted by Crippen LogP contribution is -2.29. The van der Waals surface area contributed by atoms with Crippen molar-refractivity contribution in [2.75, 3.05) is 13.1 Å². The summed E-state index contributed by atoms with van der Waals surface area (Å²) in [6.45, 7) is 6.07. The Labute approximate surface area is 112 Å². The summed E-state index contributed by atoms with van der Waals surface area (Å²) in [7, 11) is 0. The molecule has 5 nitrogen and oxygen atoms in total. The SMILES string of the molecule is Cc1nc(-c2cc(C)[nH]n2)cc([C@H]2CCCNC2)n1. The average Bonchev–Trinajstić information content (AvgIpc) is 2.86. The Balaban J connectivity index is 1.95. The van der Waals surface area contributed by atoms with E-state index in [1.165, 1.54) is 12.8 Å². The molecule has 2 N–H and O–H groups in total. The molecule has 0 spiro atoms. The zero-order valence-corrected chi connectivity index (χ0v) is 11.4. The Bertz CT molecular complexity index is 569. The van der Waals surface area contributed by atoms with E-state index in [-0.39, 0.29) is 0 Å². The molecule has 100 valence electrons. The molecular formula is C14H19N5. The lowest BCUT2D eigenvalue weighted by Gasteiger charge is -2.22. The van der Waals surface area contributed by atoms with Crippen molar-refractivity contribution in [3.8, 4) is 11.4 Å². The van der Waals surface area contributed by atoms with E-state index in [2.05, 4.69) is 31.5 Å². The van der Waals surface area contributed by atoms with Crippen molar-refractivity contribution >= 4 is 0 Å². The van der Waals surface area contributed by atoms with Gasteiger partial charge in [-0.2, -0.15) is 5.10 Å². The Morgan fingerprint density at radius 1 is 1.16 bits per heavy atom. The number of aryl methyl sites for hydroxylation is 2. The molecule has 0 aliphatic carbocycles. The first-order valence-corrected chi connectivity index (χ1v) is 6.81. The molecule has 2 aromatic rings. The first-order chi connectivity index (χ1) is 9.22.